The zero-order chi connectivity index (χ0) is 33.1. The van der Waals surface area contributed by atoms with Gasteiger partial charge in [-0.05, 0) is 17.7 Å². The standard InChI is InChI=1S/C29H20F7N7O2S/c1-44-28-41-22-19-23(45-8-7-43(27(19)42-28)15(9-16(31)32)11-3-2-6-40-25(11)38)20(29(34,35)36)18(21(22)33)12-4-5-14(30)24-17(12)13(10-37)26(39)46-24/h2-6,15-16H,7-9,39H2,1H3,(H2,38,40)/t15-/m1/s1. The molecular weight excluding hydrogens is 643 g/mol. The highest BCUT2D eigenvalue weighted by molar-refractivity contribution is 7.23. The van der Waals surface area contributed by atoms with E-state index in [1.807, 2.05) is 0 Å². The van der Waals surface area contributed by atoms with Crippen LogP contribution < -0.4 is 25.8 Å². The molecule has 0 saturated heterocycles. The summed E-state index contributed by atoms with van der Waals surface area (Å²) < 4.78 is 116. The molecule has 6 rings (SSSR count). The number of nitrogen functional groups attached to an aromatic ring is 2. The molecule has 0 bridgehead atoms. The molecule has 0 fully saturated rings. The van der Waals surface area contributed by atoms with Gasteiger partial charge in [0.05, 0.1) is 35.3 Å². The number of nitriles is 1. The van der Waals surface area contributed by atoms with E-state index in [0.29, 0.717) is 11.3 Å². The van der Waals surface area contributed by atoms with Crippen LogP contribution in [-0.4, -0.2) is 41.6 Å². The van der Waals surface area contributed by atoms with Gasteiger partial charge in [-0.25, -0.2) is 22.5 Å². The minimum Gasteiger partial charge on any atom is -0.490 e. The average Bonchev–Trinajstić information content (AvgIpc) is 3.24. The van der Waals surface area contributed by atoms with Gasteiger partial charge in [0, 0.05) is 29.1 Å². The van der Waals surface area contributed by atoms with Gasteiger partial charge in [-0.15, -0.1) is 11.3 Å². The largest absolute Gasteiger partial charge is 0.490 e. The monoisotopic (exact) mass is 663 g/mol. The van der Waals surface area contributed by atoms with E-state index < -0.39 is 82.7 Å². The Bertz CT molecular complexity index is 2060. The highest BCUT2D eigenvalue weighted by Crippen LogP contribution is 2.54. The molecule has 0 amide bonds. The summed E-state index contributed by atoms with van der Waals surface area (Å²) in [6.45, 7) is -0.806. The lowest BCUT2D eigenvalue weighted by molar-refractivity contribution is -0.138. The molecule has 0 radical (unpaired) electrons. The highest BCUT2D eigenvalue weighted by atomic mass is 32.1. The van der Waals surface area contributed by atoms with Crippen LogP contribution in [0.2, 0.25) is 0 Å². The first-order valence-electron chi connectivity index (χ1n) is 13.3. The van der Waals surface area contributed by atoms with E-state index in [0.717, 1.165) is 19.2 Å². The van der Waals surface area contributed by atoms with Crippen LogP contribution >= 0.6 is 11.3 Å². The van der Waals surface area contributed by atoms with Crippen LogP contribution in [0.3, 0.4) is 0 Å². The van der Waals surface area contributed by atoms with Crippen molar-refractivity contribution in [2.45, 2.75) is 25.1 Å². The molecule has 9 nitrogen and oxygen atoms in total. The minimum atomic E-state index is -5.31. The Hall–Kier alpha value is -5.11. The number of fused-ring (bicyclic) bond motifs is 1. The normalized spacial score (nSPS) is 14.0. The number of aromatic nitrogens is 3. The van der Waals surface area contributed by atoms with Crippen molar-refractivity contribution in [3.63, 3.8) is 0 Å². The molecule has 2 aromatic carbocycles. The third-order valence-corrected chi connectivity index (χ3v) is 8.55. The predicted molar refractivity (Wildman–Crippen MR) is 156 cm³/mol. The first-order valence-corrected chi connectivity index (χ1v) is 14.2. The Kier molecular flexibility index (Phi) is 7.63. The number of nitrogens with two attached hydrogens (primary N) is 2. The fourth-order valence-corrected chi connectivity index (χ4v) is 6.65. The van der Waals surface area contributed by atoms with Gasteiger partial charge in [0.2, 0.25) is 6.43 Å². The predicted octanol–water partition coefficient (Wildman–Crippen LogP) is 6.84. The molecule has 4 N–H and O–H groups in total. The van der Waals surface area contributed by atoms with Crippen molar-refractivity contribution in [2.24, 2.45) is 0 Å². The van der Waals surface area contributed by atoms with Crippen LogP contribution in [0.25, 0.3) is 32.1 Å². The summed E-state index contributed by atoms with van der Waals surface area (Å²) in [4.78, 5) is 13.4. The molecule has 3 aromatic heterocycles. The van der Waals surface area contributed by atoms with E-state index in [2.05, 4.69) is 15.0 Å². The summed E-state index contributed by atoms with van der Waals surface area (Å²) in [6, 6.07) is 4.58. The average molecular weight is 664 g/mol. The molecule has 1 aliphatic heterocycles. The fraction of sp³-hybridized carbons (Fsp3) is 0.241. The molecule has 17 heteroatoms. The van der Waals surface area contributed by atoms with Gasteiger partial charge in [-0.3, -0.25) is 0 Å². The number of nitrogens with zero attached hydrogens (tertiary/aromatic N) is 5. The Balaban J connectivity index is 1.76. The van der Waals surface area contributed by atoms with Gasteiger partial charge in [0.15, 0.2) is 5.82 Å². The Labute approximate surface area is 258 Å². The van der Waals surface area contributed by atoms with E-state index in [1.165, 1.54) is 23.2 Å². The van der Waals surface area contributed by atoms with Gasteiger partial charge in [0.1, 0.15) is 52.0 Å². The first kappa shape index (κ1) is 30.9. The molecular formula is C29H20F7N7O2S. The molecule has 0 saturated carbocycles. The van der Waals surface area contributed by atoms with Gasteiger partial charge >= 0.3 is 12.2 Å². The molecule has 5 aromatic rings. The lowest BCUT2D eigenvalue weighted by Crippen LogP contribution is -2.34. The van der Waals surface area contributed by atoms with Gasteiger partial charge < -0.3 is 25.8 Å². The Morgan fingerprint density at radius 3 is 2.57 bits per heavy atom. The van der Waals surface area contributed by atoms with E-state index in [9.17, 15) is 18.4 Å². The smallest absolute Gasteiger partial charge is 0.420 e. The number of rotatable bonds is 6. The highest BCUT2D eigenvalue weighted by Gasteiger charge is 2.44. The molecule has 46 heavy (non-hydrogen) atoms. The molecule has 1 aliphatic rings. The van der Waals surface area contributed by atoms with E-state index in [1.54, 1.807) is 6.07 Å². The van der Waals surface area contributed by atoms with Gasteiger partial charge in [-0.2, -0.15) is 28.4 Å². The maximum absolute atomic E-state index is 16.8. The van der Waals surface area contributed by atoms with Crippen molar-refractivity contribution < 1.29 is 40.2 Å². The molecule has 1 atom stereocenters. The van der Waals surface area contributed by atoms with Crippen LogP contribution in [0.4, 0.5) is 47.4 Å². The van der Waals surface area contributed by atoms with Crippen molar-refractivity contribution in [1.29, 1.82) is 5.26 Å². The van der Waals surface area contributed by atoms with Crippen LogP contribution in [0, 0.1) is 23.0 Å². The number of hydrogen-bond acceptors (Lipinski definition) is 10. The van der Waals surface area contributed by atoms with Crippen molar-refractivity contribution in [3.8, 4) is 29.0 Å². The zero-order valence-corrected chi connectivity index (χ0v) is 24.2. The SMILES string of the molecule is COc1nc2c3c(c(C(F)(F)F)c(-c4ccc(F)c5sc(N)c(C#N)c45)c(F)c3n1)OCCN2[C@H](CC(F)F)c1cccnc1N. The summed E-state index contributed by atoms with van der Waals surface area (Å²) in [7, 11) is 1.13. The number of anilines is 3. The summed E-state index contributed by atoms with van der Waals surface area (Å²) in [5.41, 5.74) is 7.80. The summed E-state index contributed by atoms with van der Waals surface area (Å²) >= 11 is 0.618. The first-order chi connectivity index (χ1) is 21.9. The Morgan fingerprint density at radius 2 is 1.91 bits per heavy atom. The topological polar surface area (TPSA) is 136 Å². The van der Waals surface area contributed by atoms with Gasteiger partial charge in [0.25, 0.3) is 0 Å². The van der Waals surface area contributed by atoms with E-state index in [4.69, 9.17) is 20.9 Å². The molecule has 0 unspecified atom stereocenters. The van der Waals surface area contributed by atoms with E-state index >= 15 is 17.6 Å². The lowest BCUT2D eigenvalue weighted by Gasteiger charge is -2.32. The van der Waals surface area contributed by atoms with Crippen LogP contribution in [-0.2, 0) is 6.18 Å². The molecule has 238 valence electrons. The van der Waals surface area contributed by atoms with Crippen molar-refractivity contribution in [1.82, 2.24) is 15.0 Å². The number of benzene rings is 2. The second kappa shape index (κ2) is 11.4. The van der Waals surface area contributed by atoms with Gasteiger partial charge in [-0.1, -0.05) is 12.1 Å². The van der Waals surface area contributed by atoms with Crippen LogP contribution in [0.15, 0.2) is 30.5 Å². The molecule has 0 aliphatic carbocycles. The number of hydrogen-bond donors (Lipinski definition) is 2. The third-order valence-electron chi connectivity index (χ3n) is 7.52. The number of halogens is 7. The fourth-order valence-electron chi connectivity index (χ4n) is 5.70. The number of alkyl halides is 5. The Morgan fingerprint density at radius 1 is 1.15 bits per heavy atom. The number of methoxy groups -OCH3 is 1. The zero-order valence-electron chi connectivity index (χ0n) is 23.4. The number of thiophene rings is 1. The van der Waals surface area contributed by atoms with Crippen LogP contribution in [0.1, 0.15) is 29.2 Å². The maximum atomic E-state index is 16.8. The lowest BCUT2D eigenvalue weighted by atomic mass is 9.91. The van der Waals surface area contributed by atoms with Crippen molar-refractivity contribution in [3.05, 3.63) is 58.8 Å². The second-order valence-electron chi connectivity index (χ2n) is 10.1. The van der Waals surface area contributed by atoms with E-state index in [-0.39, 0.29) is 44.4 Å². The maximum Gasteiger partial charge on any atom is 0.420 e. The second-order valence-corrected chi connectivity index (χ2v) is 11.1. The van der Waals surface area contributed by atoms with Crippen molar-refractivity contribution in [2.75, 3.05) is 36.6 Å². The quantitative estimate of drug-likeness (QED) is 0.187. The summed E-state index contributed by atoms with van der Waals surface area (Å²) in [5, 5.41) is 8.66. The molecule has 4 heterocycles. The number of pyridine rings is 1. The summed E-state index contributed by atoms with van der Waals surface area (Å²) in [6.07, 6.45) is -7.74. The van der Waals surface area contributed by atoms with Crippen molar-refractivity contribution >= 4 is 49.0 Å². The van der Waals surface area contributed by atoms with Crippen LogP contribution in [0.5, 0.6) is 11.8 Å². The number of ether oxygens (including phenoxy) is 2. The molecule has 0 spiro atoms. The summed E-state index contributed by atoms with van der Waals surface area (Å²) in [5.74, 6) is -3.82. The third kappa shape index (κ3) is 4.89. The minimum absolute atomic E-state index is 0.114.